The van der Waals surface area contributed by atoms with Gasteiger partial charge in [-0.2, -0.15) is 5.26 Å². The van der Waals surface area contributed by atoms with Gasteiger partial charge in [-0.1, -0.05) is 6.07 Å². The van der Waals surface area contributed by atoms with Gasteiger partial charge in [0.1, 0.15) is 0 Å². The minimum absolute atomic E-state index is 0.746. The Bertz CT molecular complexity index is 442. The third-order valence-electron chi connectivity index (χ3n) is 3.81. The van der Waals surface area contributed by atoms with Crippen molar-refractivity contribution in [2.75, 3.05) is 26.2 Å². The minimum Gasteiger partial charge on any atom is -0.313 e. The summed E-state index contributed by atoms with van der Waals surface area (Å²) in [5.74, 6) is 0. The molecule has 3 heteroatoms. The SMILES string of the molecule is Cc1cc(C#N)ccc1CNCCCN1CCCC1. The van der Waals surface area contributed by atoms with Crippen LogP contribution in [0.2, 0.25) is 0 Å². The first-order valence-electron chi connectivity index (χ1n) is 7.22. The minimum atomic E-state index is 0.746. The third kappa shape index (κ3) is 4.34. The van der Waals surface area contributed by atoms with E-state index in [2.05, 4.69) is 29.3 Å². The quantitative estimate of drug-likeness (QED) is 0.796. The van der Waals surface area contributed by atoms with E-state index in [0.717, 1.165) is 18.7 Å². The standard InChI is InChI=1S/C16H23N3/c1-14-11-15(12-17)5-6-16(14)13-18-7-4-10-19-8-2-3-9-19/h5-6,11,18H,2-4,7-10,13H2,1H3. The van der Waals surface area contributed by atoms with E-state index >= 15 is 0 Å². The van der Waals surface area contributed by atoms with Crippen molar-refractivity contribution in [2.45, 2.75) is 32.7 Å². The van der Waals surface area contributed by atoms with E-state index in [4.69, 9.17) is 5.26 Å². The van der Waals surface area contributed by atoms with Crippen LogP contribution in [0.5, 0.6) is 0 Å². The summed E-state index contributed by atoms with van der Waals surface area (Å²) in [7, 11) is 0. The molecule has 1 saturated heterocycles. The Kier molecular flexibility index (Phi) is 5.38. The molecule has 1 N–H and O–H groups in total. The van der Waals surface area contributed by atoms with Crippen molar-refractivity contribution >= 4 is 0 Å². The van der Waals surface area contributed by atoms with Gasteiger partial charge in [0.05, 0.1) is 11.6 Å². The zero-order valence-corrected chi connectivity index (χ0v) is 11.8. The molecule has 1 aliphatic heterocycles. The Balaban J connectivity index is 1.66. The maximum absolute atomic E-state index is 8.83. The molecule has 0 spiro atoms. The maximum atomic E-state index is 8.83. The van der Waals surface area contributed by atoms with E-state index in [1.54, 1.807) is 0 Å². The number of rotatable bonds is 6. The van der Waals surface area contributed by atoms with E-state index in [0.29, 0.717) is 0 Å². The summed E-state index contributed by atoms with van der Waals surface area (Å²) < 4.78 is 0. The van der Waals surface area contributed by atoms with Gasteiger partial charge in [-0.25, -0.2) is 0 Å². The van der Waals surface area contributed by atoms with Gasteiger partial charge in [0.25, 0.3) is 0 Å². The number of nitriles is 1. The summed E-state index contributed by atoms with van der Waals surface area (Å²) in [5, 5.41) is 12.3. The number of nitrogens with one attached hydrogen (secondary N) is 1. The largest absolute Gasteiger partial charge is 0.313 e. The van der Waals surface area contributed by atoms with E-state index in [-0.39, 0.29) is 0 Å². The molecule has 0 unspecified atom stereocenters. The second kappa shape index (κ2) is 7.28. The Morgan fingerprint density at radius 3 is 2.79 bits per heavy atom. The topological polar surface area (TPSA) is 39.1 Å². The van der Waals surface area contributed by atoms with Crippen LogP contribution in [-0.2, 0) is 6.54 Å². The maximum Gasteiger partial charge on any atom is 0.0991 e. The highest BCUT2D eigenvalue weighted by Crippen LogP contribution is 2.10. The molecule has 1 heterocycles. The van der Waals surface area contributed by atoms with E-state index in [1.165, 1.54) is 50.0 Å². The molecule has 3 nitrogen and oxygen atoms in total. The molecule has 0 amide bonds. The average molecular weight is 257 g/mol. The van der Waals surface area contributed by atoms with Gasteiger partial charge in [-0.3, -0.25) is 0 Å². The average Bonchev–Trinajstić information content (AvgIpc) is 2.93. The van der Waals surface area contributed by atoms with Gasteiger partial charge in [-0.15, -0.1) is 0 Å². The number of aryl methyl sites for hydroxylation is 1. The molecule has 0 saturated carbocycles. The van der Waals surface area contributed by atoms with Gasteiger partial charge in [0.15, 0.2) is 0 Å². The number of benzene rings is 1. The molecule has 0 aromatic heterocycles. The first-order chi connectivity index (χ1) is 9.29. The van der Waals surface area contributed by atoms with Crippen LogP contribution in [0.25, 0.3) is 0 Å². The molecule has 1 aliphatic rings. The summed E-state index contributed by atoms with van der Waals surface area (Å²) in [6.45, 7) is 7.83. The molecule has 0 bridgehead atoms. The third-order valence-corrected chi connectivity index (χ3v) is 3.81. The highest BCUT2D eigenvalue weighted by Gasteiger charge is 2.09. The molecule has 0 atom stereocenters. The van der Waals surface area contributed by atoms with Crippen molar-refractivity contribution in [3.05, 3.63) is 34.9 Å². The van der Waals surface area contributed by atoms with E-state index in [9.17, 15) is 0 Å². The normalized spacial score (nSPS) is 15.6. The van der Waals surface area contributed by atoms with Crippen molar-refractivity contribution in [3.63, 3.8) is 0 Å². The number of hydrogen-bond donors (Lipinski definition) is 1. The van der Waals surface area contributed by atoms with Gasteiger partial charge >= 0.3 is 0 Å². The zero-order chi connectivity index (χ0) is 13.5. The Hall–Kier alpha value is -1.37. The molecule has 1 fully saturated rings. The summed E-state index contributed by atoms with van der Waals surface area (Å²) in [6, 6.07) is 8.09. The first-order valence-corrected chi connectivity index (χ1v) is 7.22. The molecular weight excluding hydrogens is 234 g/mol. The van der Waals surface area contributed by atoms with Crippen LogP contribution in [-0.4, -0.2) is 31.1 Å². The lowest BCUT2D eigenvalue weighted by molar-refractivity contribution is 0.331. The number of hydrogen-bond acceptors (Lipinski definition) is 3. The predicted octanol–water partition coefficient (Wildman–Crippen LogP) is 2.44. The second-order valence-electron chi connectivity index (χ2n) is 5.33. The predicted molar refractivity (Wildman–Crippen MR) is 77.9 cm³/mol. The van der Waals surface area contributed by atoms with Crippen molar-refractivity contribution in [2.24, 2.45) is 0 Å². The molecule has 102 valence electrons. The fourth-order valence-electron chi connectivity index (χ4n) is 2.62. The second-order valence-corrected chi connectivity index (χ2v) is 5.33. The summed E-state index contributed by atoms with van der Waals surface area (Å²) in [6.07, 6.45) is 3.96. The fourth-order valence-corrected chi connectivity index (χ4v) is 2.62. The summed E-state index contributed by atoms with van der Waals surface area (Å²) >= 11 is 0. The molecule has 0 aliphatic carbocycles. The lowest BCUT2D eigenvalue weighted by Crippen LogP contribution is -2.24. The van der Waals surface area contributed by atoms with Gasteiger partial charge in [0.2, 0.25) is 0 Å². The summed E-state index contributed by atoms with van der Waals surface area (Å²) in [4.78, 5) is 2.55. The highest BCUT2D eigenvalue weighted by atomic mass is 15.1. The smallest absolute Gasteiger partial charge is 0.0991 e. The van der Waals surface area contributed by atoms with Gasteiger partial charge in [-0.05, 0) is 75.6 Å². The van der Waals surface area contributed by atoms with E-state index in [1.807, 2.05) is 12.1 Å². The van der Waals surface area contributed by atoms with Gasteiger partial charge in [0, 0.05) is 6.54 Å². The van der Waals surface area contributed by atoms with Crippen LogP contribution >= 0.6 is 0 Å². The highest BCUT2D eigenvalue weighted by molar-refractivity contribution is 5.37. The molecule has 19 heavy (non-hydrogen) atoms. The zero-order valence-electron chi connectivity index (χ0n) is 11.8. The van der Waals surface area contributed by atoms with Crippen LogP contribution in [0.1, 0.15) is 36.0 Å². The van der Waals surface area contributed by atoms with Crippen LogP contribution in [0.3, 0.4) is 0 Å². The van der Waals surface area contributed by atoms with Crippen molar-refractivity contribution in [1.82, 2.24) is 10.2 Å². The number of likely N-dealkylation sites (tertiary alicyclic amines) is 1. The Labute approximate surface area is 116 Å². The lowest BCUT2D eigenvalue weighted by atomic mass is 10.1. The van der Waals surface area contributed by atoms with Crippen LogP contribution in [0, 0.1) is 18.3 Å². The molecular formula is C16H23N3. The van der Waals surface area contributed by atoms with Crippen molar-refractivity contribution in [3.8, 4) is 6.07 Å². The van der Waals surface area contributed by atoms with Crippen LogP contribution in [0.4, 0.5) is 0 Å². The fraction of sp³-hybridized carbons (Fsp3) is 0.562. The Morgan fingerprint density at radius 1 is 1.32 bits per heavy atom. The summed E-state index contributed by atoms with van der Waals surface area (Å²) in [5.41, 5.74) is 3.24. The van der Waals surface area contributed by atoms with E-state index < -0.39 is 0 Å². The number of nitrogens with zero attached hydrogens (tertiary/aromatic N) is 2. The van der Waals surface area contributed by atoms with Crippen LogP contribution < -0.4 is 5.32 Å². The molecule has 1 aromatic carbocycles. The van der Waals surface area contributed by atoms with Crippen molar-refractivity contribution in [1.29, 1.82) is 5.26 Å². The van der Waals surface area contributed by atoms with Crippen LogP contribution in [0.15, 0.2) is 18.2 Å². The monoisotopic (exact) mass is 257 g/mol. The molecule has 1 aromatic rings. The van der Waals surface area contributed by atoms with Crippen molar-refractivity contribution < 1.29 is 0 Å². The first kappa shape index (κ1) is 14.0. The molecule has 2 rings (SSSR count). The van der Waals surface area contributed by atoms with Gasteiger partial charge < -0.3 is 10.2 Å². The molecule has 0 radical (unpaired) electrons. The Morgan fingerprint density at radius 2 is 2.11 bits per heavy atom. The lowest BCUT2D eigenvalue weighted by Gasteiger charge is -2.14.